The standard InChI is InChI=1S/C22H28N2O4S/c1-16-8-7-9-21(17(16)2)28-18(3)22(25)23-19-10-12-20(13-11-19)29(26,27)24-14-5-4-6-15-24/h7-13,18H,4-6,14-15H2,1-3H3,(H,23,25)/t18-/m1/s1. The molecule has 3 rings (SSSR count). The van der Waals surface area contributed by atoms with Crippen LogP contribution in [-0.4, -0.2) is 37.8 Å². The van der Waals surface area contributed by atoms with E-state index in [1.165, 1.54) is 16.4 Å². The van der Waals surface area contributed by atoms with Crippen LogP contribution in [0.15, 0.2) is 47.4 Å². The predicted octanol–water partition coefficient (Wildman–Crippen LogP) is 3.88. The van der Waals surface area contributed by atoms with E-state index in [-0.39, 0.29) is 10.8 Å². The van der Waals surface area contributed by atoms with Gasteiger partial charge in [-0.05, 0) is 75.1 Å². The Labute approximate surface area is 172 Å². The summed E-state index contributed by atoms with van der Waals surface area (Å²) in [6, 6.07) is 12.0. The van der Waals surface area contributed by atoms with Crippen molar-refractivity contribution in [2.75, 3.05) is 18.4 Å². The smallest absolute Gasteiger partial charge is 0.265 e. The number of benzene rings is 2. The van der Waals surface area contributed by atoms with Crippen molar-refractivity contribution in [2.24, 2.45) is 0 Å². The Bertz CT molecular complexity index is 965. The summed E-state index contributed by atoms with van der Waals surface area (Å²) < 4.78 is 32.8. The number of anilines is 1. The molecule has 0 radical (unpaired) electrons. The van der Waals surface area contributed by atoms with Crippen molar-refractivity contribution in [3.8, 4) is 5.75 Å². The lowest BCUT2D eigenvalue weighted by atomic mass is 10.1. The van der Waals surface area contributed by atoms with Gasteiger partial charge in [-0.15, -0.1) is 0 Å². The summed E-state index contributed by atoms with van der Waals surface area (Å²) in [5, 5.41) is 2.78. The van der Waals surface area contributed by atoms with Crippen LogP contribution in [0.4, 0.5) is 5.69 Å². The second kappa shape index (κ2) is 8.97. The van der Waals surface area contributed by atoms with Crippen molar-refractivity contribution < 1.29 is 17.9 Å². The zero-order chi connectivity index (χ0) is 21.0. The Hall–Kier alpha value is -2.38. The second-order valence-corrected chi connectivity index (χ2v) is 9.37. The molecule has 1 atom stereocenters. The van der Waals surface area contributed by atoms with E-state index in [1.807, 2.05) is 32.0 Å². The molecule has 1 amide bonds. The second-order valence-electron chi connectivity index (χ2n) is 7.44. The first-order chi connectivity index (χ1) is 13.8. The van der Waals surface area contributed by atoms with Crippen LogP contribution in [-0.2, 0) is 14.8 Å². The summed E-state index contributed by atoms with van der Waals surface area (Å²) >= 11 is 0. The number of ether oxygens (including phenoxy) is 1. The monoisotopic (exact) mass is 416 g/mol. The molecule has 1 aliphatic heterocycles. The van der Waals surface area contributed by atoms with Crippen molar-refractivity contribution in [3.63, 3.8) is 0 Å². The van der Waals surface area contributed by atoms with Crippen LogP contribution < -0.4 is 10.1 Å². The van der Waals surface area contributed by atoms with E-state index in [4.69, 9.17) is 4.74 Å². The lowest BCUT2D eigenvalue weighted by molar-refractivity contribution is -0.122. The number of amides is 1. The third-order valence-electron chi connectivity index (χ3n) is 5.30. The molecule has 156 valence electrons. The first-order valence-electron chi connectivity index (χ1n) is 9.93. The molecule has 0 aromatic heterocycles. The van der Waals surface area contributed by atoms with Crippen LogP contribution >= 0.6 is 0 Å². The van der Waals surface area contributed by atoms with Crippen LogP contribution in [0, 0.1) is 13.8 Å². The minimum atomic E-state index is -3.48. The van der Waals surface area contributed by atoms with Gasteiger partial charge in [-0.3, -0.25) is 4.79 Å². The summed E-state index contributed by atoms with van der Waals surface area (Å²) in [6.07, 6.45) is 2.17. The summed E-state index contributed by atoms with van der Waals surface area (Å²) in [5.74, 6) is 0.383. The third kappa shape index (κ3) is 4.97. The lowest BCUT2D eigenvalue weighted by Crippen LogP contribution is -2.35. The van der Waals surface area contributed by atoms with E-state index in [0.717, 1.165) is 30.4 Å². The Morgan fingerprint density at radius 1 is 1.03 bits per heavy atom. The van der Waals surface area contributed by atoms with E-state index in [9.17, 15) is 13.2 Å². The van der Waals surface area contributed by atoms with Gasteiger partial charge in [-0.1, -0.05) is 18.6 Å². The number of hydrogen-bond acceptors (Lipinski definition) is 4. The molecule has 0 aliphatic carbocycles. The number of nitrogens with one attached hydrogen (secondary N) is 1. The Balaban J connectivity index is 1.64. The van der Waals surface area contributed by atoms with Gasteiger partial charge in [-0.2, -0.15) is 4.31 Å². The Kier molecular flexibility index (Phi) is 6.59. The summed E-state index contributed by atoms with van der Waals surface area (Å²) in [4.78, 5) is 12.7. The van der Waals surface area contributed by atoms with Crippen molar-refractivity contribution >= 4 is 21.6 Å². The molecule has 1 heterocycles. The quantitative estimate of drug-likeness (QED) is 0.775. The Morgan fingerprint density at radius 3 is 2.34 bits per heavy atom. The maximum Gasteiger partial charge on any atom is 0.265 e. The minimum Gasteiger partial charge on any atom is -0.481 e. The minimum absolute atomic E-state index is 0.247. The fourth-order valence-corrected chi connectivity index (χ4v) is 4.82. The number of hydrogen-bond donors (Lipinski definition) is 1. The lowest BCUT2D eigenvalue weighted by Gasteiger charge is -2.25. The van der Waals surface area contributed by atoms with Crippen LogP contribution in [0.1, 0.15) is 37.3 Å². The number of carbonyl (C=O) groups excluding carboxylic acids is 1. The first kappa shape index (κ1) is 21.3. The zero-order valence-corrected chi connectivity index (χ0v) is 18.0. The number of aryl methyl sites for hydroxylation is 1. The van der Waals surface area contributed by atoms with Gasteiger partial charge in [0.2, 0.25) is 10.0 Å². The molecule has 2 aromatic carbocycles. The van der Waals surface area contributed by atoms with Gasteiger partial charge in [0.25, 0.3) is 5.91 Å². The van der Waals surface area contributed by atoms with Gasteiger partial charge in [0.1, 0.15) is 5.75 Å². The van der Waals surface area contributed by atoms with Crippen molar-refractivity contribution in [2.45, 2.75) is 51.0 Å². The summed E-state index contributed by atoms with van der Waals surface area (Å²) in [5.41, 5.74) is 2.63. The highest BCUT2D eigenvalue weighted by atomic mass is 32.2. The molecular formula is C22H28N2O4S. The van der Waals surface area contributed by atoms with E-state index in [0.29, 0.717) is 24.5 Å². The molecule has 0 spiro atoms. The number of sulfonamides is 1. The van der Waals surface area contributed by atoms with Crippen LogP contribution in [0.3, 0.4) is 0 Å². The summed E-state index contributed by atoms with van der Waals surface area (Å²) in [7, 11) is -3.48. The average Bonchev–Trinajstić information content (AvgIpc) is 2.72. The van der Waals surface area contributed by atoms with E-state index in [2.05, 4.69) is 5.32 Å². The molecule has 6 nitrogen and oxygen atoms in total. The number of carbonyl (C=O) groups is 1. The van der Waals surface area contributed by atoms with Crippen LogP contribution in [0.5, 0.6) is 5.75 Å². The van der Waals surface area contributed by atoms with Gasteiger partial charge < -0.3 is 10.1 Å². The molecule has 7 heteroatoms. The zero-order valence-electron chi connectivity index (χ0n) is 17.1. The van der Waals surface area contributed by atoms with Crippen molar-refractivity contribution in [1.82, 2.24) is 4.31 Å². The normalized spacial score (nSPS) is 16.2. The molecule has 1 fully saturated rings. The number of piperidine rings is 1. The van der Waals surface area contributed by atoms with E-state index in [1.54, 1.807) is 19.1 Å². The topological polar surface area (TPSA) is 75.7 Å². The fraction of sp³-hybridized carbons (Fsp3) is 0.409. The fourth-order valence-electron chi connectivity index (χ4n) is 3.30. The van der Waals surface area contributed by atoms with Crippen molar-refractivity contribution in [3.05, 3.63) is 53.6 Å². The molecular weight excluding hydrogens is 388 g/mol. The van der Waals surface area contributed by atoms with Crippen molar-refractivity contribution in [1.29, 1.82) is 0 Å². The molecule has 0 bridgehead atoms. The highest BCUT2D eigenvalue weighted by molar-refractivity contribution is 7.89. The molecule has 0 saturated carbocycles. The molecule has 29 heavy (non-hydrogen) atoms. The van der Waals surface area contributed by atoms with Gasteiger partial charge in [0, 0.05) is 18.8 Å². The SMILES string of the molecule is Cc1cccc(O[C@H](C)C(=O)Nc2ccc(S(=O)(=O)N3CCCCC3)cc2)c1C. The predicted molar refractivity (Wildman–Crippen MR) is 114 cm³/mol. The van der Waals surface area contributed by atoms with Gasteiger partial charge in [0.15, 0.2) is 6.10 Å². The molecule has 1 aliphatic rings. The average molecular weight is 417 g/mol. The largest absolute Gasteiger partial charge is 0.481 e. The Morgan fingerprint density at radius 2 is 1.69 bits per heavy atom. The molecule has 1 saturated heterocycles. The molecule has 1 N–H and O–H groups in total. The van der Waals surface area contributed by atoms with E-state index >= 15 is 0 Å². The number of nitrogens with zero attached hydrogens (tertiary/aromatic N) is 1. The highest BCUT2D eigenvalue weighted by Crippen LogP contribution is 2.24. The van der Waals surface area contributed by atoms with Crippen LogP contribution in [0.2, 0.25) is 0 Å². The highest BCUT2D eigenvalue weighted by Gasteiger charge is 2.26. The van der Waals surface area contributed by atoms with E-state index < -0.39 is 16.1 Å². The number of rotatable bonds is 6. The maximum atomic E-state index is 12.7. The first-order valence-corrected chi connectivity index (χ1v) is 11.4. The van der Waals surface area contributed by atoms with Gasteiger partial charge >= 0.3 is 0 Å². The third-order valence-corrected chi connectivity index (χ3v) is 7.22. The summed E-state index contributed by atoms with van der Waals surface area (Å²) in [6.45, 7) is 6.76. The molecule has 2 aromatic rings. The van der Waals surface area contributed by atoms with Gasteiger partial charge in [-0.25, -0.2) is 8.42 Å². The van der Waals surface area contributed by atoms with Crippen LogP contribution in [0.25, 0.3) is 0 Å². The molecule has 0 unspecified atom stereocenters. The maximum absolute atomic E-state index is 12.7. The van der Waals surface area contributed by atoms with Gasteiger partial charge in [0.05, 0.1) is 4.90 Å².